The van der Waals surface area contributed by atoms with Gasteiger partial charge >= 0.3 is 11.9 Å². The number of carbonyl (C=O) groups is 2. The predicted octanol–water partition coefficient (Wildman–Crippen LogP) is 1.93. The van der Waals surface area contributed by atoms with E-state index in [2.05, 4.69) is 5.32 Å². The predicted molar refractivity (Wildman–Crippen MR) is 70.3 cm³/mol. The minimum Gasteiger partial charge on any atom is -0.481 e. The zero-order valence-corrected chi connectivity index (χ0v) is 11.7. The minimum absolute atomic E-state index is 0.175. The van der Waals surface area contributed by atoms with Gasteiger partial charge in [0.1, 0.15) is 5.82 Å². The van der Waals surface area contributed by atoms with E-state index in [1.54, 1.807) is 6.07 Å². The molecule has 1 fully saturated rings. The molecule has 1 aliphatic heterocycles. The number of halogens is 1. The Morgan fingerprint density at radius 2 is 1.86 bits per heavy atom. The average Bonchev–Trinajstić information content (AvgIpc) is 2.35. The molecule has 0 bridgehead atoms. The Morgan fingerprint density at radius 3 is 2.38 bits per heavy atom. The van der Waals surface area contributed by atoms with Crippen LogP contribution in [0.1, 0.15) is 13.8 Å². The topological polar surface area (TPSA) is 73.9 Å². The summed E-state index contributed by atoms with van der Waals surface area (Å²) in [6.45, 7) is 2.87. The van der Waals surface area contributed by atoms with Crippen LogP contribution in [-0.2, 0) is 23.8 Å². The van der Waals surface area contributed by atoms with Gasteiger partial charge in [-0.05, 0) is 18.2 Å². The number of nitrogens with one attached hydrogen (secondary N) is 1. The summed E-state index contributed by atoms with van der Waals surface area (Å²) in [6.07, 6.45) is 0. The zero-order valence-electron chi connectivity index (χ0n) is 11.7. The molecular weight excluding hydrogens is 281 g/mol. The summed E-state index contributed by atoms with van der Waals surface area (Å²) in [5, 5.41) is 2.64. The maximum absolute atomic E-state index is 13.1. The van der Waals surface area contributed by atoms with Crippen molar-refractivity contribution in [3.63, 3.8) is 0 Å². The fraction of sp³-hybridized carbons (Fsp3) is 0.286. The van der Waals surface area contributed by atoms with E-state index in [-0.39, 0.29) is 5.88 Å². The van der Waals surface area contributed by atoms with E-state index >= 15 is 0 Å². The van der Waals surface area contributed by atoms with Crippen LogP contribution in [-0.4, -0.2) is 24.8 Å². The van der Waals surface area contributed by atoms with Gasteiger partial charge in [0.25, 0.3) is 5.79 Å². The number of methoxy groups -OCH3 is 1. The monoisotopic (exact) mass is 295 g/mol. The quantitative estimate of drug-likeness (QED) is 0.397. The smallest absolute Gasteiger partial charge is 0.354 e. The van der Waals surface area contributed by atoms with E-state index < -0.39 is 29.1 Å². The van der Waals surface area contributed by atoms with E-state index in [0.717, 1.165) is 0 Å². The highest BCUT2D eigenvalue weighted by Crippen LogP contribution is 2.25. The Morgan fingerprint density at radius 1 is 1.24 bits per heavy atom. The maximum atomic E-state index is 13.1. The standard InChI is InChI=1S/C14H14FNO5/c1-14(2)20-12(17)10(13(18)21-14)11(19-3)16-9-6-4-5-8(15)7-9/h4-7,16H,1-3H3. The molecule has 21 heavy (non-hydrogen) atoms. The van der Waals surface area contributed by atoms with E-state index in [1.807, 2.05) is 0 Å². The number of cyclic esters (lactones) is 2. The molecule has 112 valence electrons. The summed E-state index contributed by atoms with van der Waals surface area (Å²) in [4.78, 5) is 23.8. The van der Waals surface area contributed by atoms with Crippen LogP contribution in [0.4, 0.5) is 10.1 Å². The number of hydrogen-bond donors (Lipinski definition) is 1. The third-order valence-electron chi connectivity index (χ3n) is 2.60. The van der Waals surface area contributed by atoms with Crippen molar-refractivity contribution >= 4 is 17.6 Å². The second-order valence-corrected chi connectivity index (χ2v) is 4.72. The molecule has 1 heterocycles. The second kappa shape index (κ2) is 5.43. The molecule has 1 N–H and O–H groups in total. The lowest BCUT2D eigenvalue weighted by molar-refractivity contribution is -0.222. The number of ether oxygens (including phenoxy) is 3. The van der Waals surface area contributed by atoms with Crippen LogP contribution in [0.25, 0.3) is 0 Å². The number of anilines is 1. The lowest BCUT2D eigenvalue weighted by atomic mass is 10.2. The van der Waals surface area contributed by atoms with Crippen LogP contribution in [0.5, 0.6) is 0 Å². The van der Waals surface area contributed by atoms with Crippen molar-refractivity contribution in [3.05, 3.63) is 41.5 Å². The number of carbonyl (C=O) groups excluding carboxylic acids is 2. The molecule has 1 saturated heterocycles. The first kappa shape index (κ1) is 14.8. The van der Waals surface area contributed by atoms with E-state index in [9.17, 15) is 14.0 Å². The Kier molecular flexibility index (Phi) is 3.84. The van der Waals surface area contributed by atoms with Gasteiger partial charge in [-0.2, -0.15) is 0 Å². The van der Waals surface area contributed by atoms with Crippen molar-refractivity contribution in [2.24, 2.45) is 0 Å². The first-order valence-electron chi connectivity index (χ1n) is 6.10. The van der Waals surface area contributed by atoms with Crippen LogP contribution in [0.15, 0.2) is 35.7 Å². The van der Waals surface area contributed by atoms with Crippen LogP contribution < -0.4 is 5.32 Å². The molecule has 7 heteroatoms. The first-order chi connectivity index (χ1) is 9.82. The number of rotatable bonds is 3. The zero-order chi connectivity index (χ0) is 15.6. The van der Waals surface area contributed by atoms with Gasteiger partial charge in [0.05, 0.1) is 7.11 Å². The number of hydrogen-bond acceptors (Lipinski definition) is 6. The van der Waals surface area contributed by atoms with Crippen LogP contribution >= 0.6 is 0 Å². The highest BCUT2D eigenvalue weighted by Gasteiger charge is 2.41. The molecule has 0 spiro atoms. The Balaban J connectivity index is 2.34. The Bertz CT molecular complexity index is 602. The number of esters is 2. The number of benzene rings is 1. The summed E-state index contributed by atoms with van der Waals surface area (Å²) < 4.78 is 28.1. The lowest BCUT2D eigenvalue weighted by Crippen LogP contribution is -2.43. The average molecular weight is 295 g/mol. The molecule has 1 aromatic carbocycles. The Labute approximate surface area is 120 Å². The summed E-state index contributed by atoms with van der Waals surface area (Å²) in [7, 11) is 1.26. The minimum atomic E-state index is -1.34. The van der Waals surface area contributed by atoms with E-state index in [1.165, 1.54) is 39.2 Å². The molecule has 0 saturated carbocycles. The van der Waals surface area contributed by atoms with Crippen molar-refractivity contribution in [2.45, 2.75) is 19.6 Å². The summed E-state index contributed by atoms with van der Waals surface area (Å²) >= 11 is 0. The highest BCUT2D eigenvalue weighted by molar-refractivity contribution is 6.16. The fourth-order valence-corrected chi connectivity index (χ4v) is 1.75. The van der Waals surface area contributed by atoms with Gasteiger partial charge in [-0.1, -0.05) is 6.07 Å². The maximum Gasteiger partial charge on any atom is 0.354 e. The Hall–Kier alpha value is -2.57. The lowest BCUT2D eigenvalue weighted by Gasteiger charge is -2.30. The molecule has 6 nitrogen and oxygen atoms in total. The van der Waals surface area contributed by atoms with Gasteiger partial charge in [0.15, 0.2) is 0 Å². The third-order valence-corrected chi connectivity index (χ3v) is 2.60. The molecule has 0 aromatic heterocycles. The molecule has 1 aliphatic rings. The molecule has 0 atom stereocenters. The third kappa shape index (κ3) is 3.31. The molecule has 0 unspecified atom stereocenters. The van der Waals surface area contributed by atoms with Gasteiger partial charge in [0.2, 0.25) is 11.5 Å². The van der Waals surface area contributed by atoms with E-state index in [4.69, 9.17) is 14.2 Å². The molecule has 0 radical (unpaired) electrons. The molecule has 2 rings (SSSR count). The van der Waals surface area contributed by atoms with Gasteiger partial charge < -0.3 is 19.5 Å². The van der Waals surface area contributed by atoms with Crippen molar-refractivity contribution in [1.29, 1.82) is 0 Å². The van der Waals surface area contributed by atoms with E-state index in [0.29, 0.717) is 5.69 Å². The van der Waals surface area contributed by atoms with Crippen LogP contribution in [0.3, 0.4) is 0 Å². The van der Waals surface area contributed by atoms with Gasteiger partial charge in [0, 0.05) is 19.5 Å². The SMILES string of the molecule is COC(Nc1cccc(F)c1)=C1C(=O)OC(C)(C)OC1=O. The largest absolute Gasteiger partial charge is 0.481 e. The van der Waals surface area contributed by atoms with Crippen molar-refractivity contribution < 1.29 is 28.2 Å². The van der Waals surface area contributed by atoms with Crippen molar-refractivity contribution in [1.82, 2.24) is 0 Å². The van der Waals surface area contributed by atoms with Crippen molar-refractivity contribution in [2.75, 3.05) is 12.4 Å². The summed E-state index contributed by atoms with van der Waals surface area (Å²) in [6, 6.07) is 5.46. The molecule has 0 aliphatic carbocycles. The van der Waals surface area contributed by atoms with Gasteiger partial charge in [-0.15, -0.1) is 0 Å². The van der Waals surface area contributed by atoms with Crippen LogP contribution in [0.2, 0.25) is 0 Å². The first-order valence-corrected chi connectivity index (χ1v) is 6.10. The van der Waals surface area contributed by atoms with Crippen molar-refractivity contribution in [3.8, 4) is 0 Å². The van der Waals surface area contributed by atoms with Gasteiger partial charge in [-0.3, -0.25) is 0 Å². The summed E-state index contributed by atoms with van der Waals surface area (Å²) in [5.74, 6) is -3.74. The molecule has 1 aromatic rings. The van der Waals surface area contributed by atoms with Gasteiger partial charge in [-0.25, -0.2) is 14.0 Å². The molecular formula is C14H14FNO5. The summed E-state index contributed by atoms with van der Waals surface area (Å²) in [5.41, 5.74) is -0.106. The highest BCUT2D eigenvalue weighted by atomic mass is 19.1. The normalized spacial score (nSPS) is 16.9. The van der Waals surface area contributed by atoms with Crippen LogP contribution in [0, 0.1) is 5.82 Å². The molecule has 0 amide bonds. The fourth-order valence-electron chi connectivity index (χ4n) is 1.75. The second-order valence-electron chi connectivity index (χ2n) is 4.72.